The molecule has 0 saturated carbocycles. The molecule has 0 radical (unpaired) electrons. The van der Waals surface area contributed by atoms with E-state index in [9.17, 15) is 8.78 Å². The molecule has 21 heavy (non-hydrogen) atoms. The number of halogens is 2. The van der Waals surface area contributed by atoms with Crippen LogP contribution in [0.4, 0.5) is 8.78 Å². The Morgan fingerprint density at radius 1 is 1.29 bits per heavy atom. The van der Waals surface area contributed by atoms with E-state index < -0.39 is 11.6 Å². The summed E-state index contributed by atoms with van der Waals surface area (Å²) >= 11 is 0. The molecule has 0 atom stereocenters. The number of imidazole rings is 1. The number of hydrogen-bond acceptors (Lipinski definition) is 2. The van der Waals surface area contributed by atoms with Crippen LogP contribution in [0.1, 0.15) is 31.0 Å². The second-order valence-corrected chi connectivity index (χ2v) is 5.95. The van der Waals surface area contributed by atoms with Gasteiger partial charge < -0.3 is 9.88 Å². The van der Waals surface area contributed by atoms with E-state index in [2.05, 4.69) is 17.2 Å². The van der Waals surface area contributed by atoms with E-state index in [1.165, 1.54) is 12.1 Å². The molecule has 0 unspecified atom stereocenters. The lowest BCUT2D eigenvalue weighted by molar-refractivity contribution is 0.318. The van der Waals surface area contributed by atoms with E-state index in [4.69, 9.17) is 0 Å². The van der Waals surface area contributed by atoms with Gasteiger partial charge in [0.15, 0.2) is 0 Å². The maximum absolute atomic E-state index is 13.8. The number of aromatic nitrogens is 2. The first-order valence-corrected chi connectivity index (χ1v) is 7.24. The highest BCUT2D eigenvalue weighted by molar-refractivity contribution is 5.22. The highest BCUT2D eigenvalue weighted by atomic mass is 19.1. The van der Waals surface area contributed by atoms with Gasteiger partial charge >= 0.3 is 0 Å². The topological polar surface area (TPSA) is 29.9 Å². The third-order valence-corrected chi connectivity index (χ3v) is 4.39. The van der Waals surface area contributed by atoms with Crippen molar-refractivity contribution in [3.8, 4) is 0 Å². The maximum atomic E-state index is 13.8. The van der Waals surface area contributed by atoms with Gasteiger partial charge in [0.2, 0.25) is 0 Å². The molecule has 3 nitrogen and oxygen atoms in total. The van der Waals surface area contributed by atoms with Crippen LogP contribution in [0.2, 0.25) is 0 Å². The Bertz CT molecular complexity index is 630. The Kier molecular flexibility index (Phi) is 3.76. The number of rotatable bonds is 3. The number of nitrogens with one attached hydrogen (secondary N) is 1. The zero-order valence-corrected chi connectivity index (χ0v) is 12.1. The molecule has 1 aliphatic rings. The van der Waals surface area contributed by atoms with Crippen LogP contribution in [0.15, 0.2) is 30.7 Å². The smallest absolute Gasteiger partial charge is 0.131 e. The van der Waals surface area contributed by atoms with Gasteiger partial charge in [-0.2, -0.15) is 0 Å². The van der Waals surface area contributed by atoms with E-state index in [1.807, 2.05) is 10.8 Å². The van der Waals surface area contributed by atoms with Crippen molar-refractivity contribution in [2.24, 2.45) is 0 Å². The van der Waals surface area contributed by atoms with E-state index in [1.54, 1.807) is 6.33 Å². The Hall–Kier alpha value is -1.75. The van der Waals surface area contributed by atoms with Crippen molar-refractivity contribution in [3.05, 3.63) is 53.6 Å². The molecule has 5 heteroatoms. The summed E-state index contributed by atoms with van der Waals surface area (Å²) in [5, 5.41) is 3.36. The highest BCUT2D eigenvalue weighted by Gasteiger charge is 2.31. The molecule has 0 bridgehead atoms. The van der Waals surface area contributed by atoms with Gasteiger partial charge in [0, 0.05) is 28.9 Å². The van der Waals surface area contributed by atoms with Crippen LogP contribution in [0, 0.1) is 11.6 Å². The summed E-state index contributed by atoms with van der Waals surface area (Å²) in [5.74, 6) is -1.06. The van der Waals surface area contributed by atoms with E-state index in [0.717, 1.165) is 37.7 Å². The second-order valence-electron chi connectivity index (χ2n) is 5.95. The first-order valence-electron chi connectivity index (χ1n) is 7.24. The third-order valence-electron chi connectivity index (χ3n) is 4.39. The molecule has 1 aliphatic heterocycles. The monoisotopic (exact) mass is 291 g/mol. The minimum absolute atomic E-state index is 0.0538. The molecule has 2 heterocycles. The van der Waals surface area contributed by atoms with E-state index >= 15 is 0 Å². The quantitative estimate of drug-likeness (QED) is 0.942. The van der Waals surface area contributed by atoms with Crippen LogP contribution in [0.25, 0.3) is 0 Å². The molecule has 0 spiro atoms. The molecule has 1 aromatic carbocycles. The van der Waals surface area contributed by atoms with Crippen molar-refractivity contribution >= 4 is 0 Å². The molecule has 3 rings (SSSR count). The van der Waals surface area contributed by atoms with Crippen LogP contribution < -0.4 is 5.32 Å². The molecular weight excluding hydrogens is 272 g/mol. The first-order chi connectivity index (χ1) is 10.1. The van der Waals surface area contributed by atoms with Gasteiger partial charge in [-0.05, 0) is 32.0 Å². The summed E-state index contributed by atoms with van der Waals surface area (Å²) in [7, 11) is 0. The number of nitrogens with zero attached hydrogens (tertiary/aromatic N) is 2. The van der Waals surface area contributed by atoms with Crippen LogP contribution >= 0.6 is 0 Å². The average molecular weight is 291 g/mol. The Morgan fingerprint density at radius 2 is 2.05 bits per heavy atom. The van der Waals surface area contributed by atoms with Gasteiger partial charge in [-0.1, -0.05) is 13.0 Å². The molecule has 1 aromatic heterocycles. The highest BCUT2D eigenvalue weighted by Crippen LogP contribution is 2.33. The summed E-state index contributed by atoms with van der Waals surface area (Å²) in [6.07, 6.45) is 5.66. The Morgan fingerprint density at radius 3 is 2.76 bits per heavy atom. The fourth-order valence-corrected chi connectivity index (χ4v) is 3.02. The van der Waals surface area contributed by atoms with Crippen LogP contribution in [-0.4, -0.2) is 22.6 Å². The second kappa shape index (κ2) is 5.56. The Balaban J connectivity index is 1.88. The SMILES string of the molecule is CC1(c2cncn2Cc2ccc(F)cc2F)CCNCC1. The van der Waals surface area contributed by atoms with E-state index in [0.29, 0.717) is 12.1 Å². The molecule has 1 fully saturated rings. The molecule has 0 amide bonds. The number of hydrogen-bond donors (Lipinski definition) is 1. The number of piperidine rings is 1. The van der Waals surface area contributed by atoms with Gasteiger partial charge in [0.05, 0.1) is 12.9 Å². The zero-order valence-electron chi connectivity index (χ0n) is 12.1. The predicted octanol–water partition coefficient (Wildman–Crippen LogP) is 2.85. The van der Waals surface area contributed by atoms with Gasteiger partial charge in [-0.15, -0.1) is 0 Å². The van der Waals surface area contributed by atoms with Crippen molar-refractivity contribution in [2.75, 3.05) is 13.1 Å². The van der Waals surface area contributed by atoms with Crippen molar-refractivity contribution in [2.45, 2.75) is 31.7 Å². The summed E-state index contributed by atoms with van der Waals surface area (Å²) in [6, 6.07) is 3.72. The van der Waals surface area contributed by atoms with Crippen molar-refractivity contribution in [1.29, 1.82) is 0 Å². The minimum atomic E-state index is -0.549. The molecule has 0 aliphatic carbocycles. The largest absolute Gasteiger partial charge is 0.330 e. The lowest BCUT2D eigenvalue weighted by Gasteiger charge is -2.34. The van der Waals surface area contributed by atoms with Crippen LogP contribution in [0.5, 0.6) is 0 Å². The van der Waals surface area contributed by atoms with Gasteiger partial charge in [0.1, 0.15) is 11.6 Å². The van der Waals surface area contributed by atoms with Gasteiger partial charge in [-0.25, -0.2) is 13.8 Å². The fraction of sp³-hybridized carbons (Fsp3) is 0.438. The summed E-state index contributed by atoms with van der Waals surface area (Å²) in [6.45, 7) is 4.56. The minimum Gasteiger partial charge on any atom is -0.330 e. The summed E-state index contributed by atoms with van der Waals surface area (Å²) in [4.78, 5) is 4.23. The van der Waals surface area contributed by atoms with Gasteiger partial charge in [0.25, 0.3) is 0 Å². The normalized spacial score (nSPS) is 17.9. The summed E-state index contributed by atoms with van der Waals surface area (Å²) in [5.41, 5.74) is 1.65. The first kappa shape index (κ1) is 14.2. The standard InChI is InChI=1S/C16H19F2N3/c1-16(4-6-19-7-5-16)15-9-20-11-21(15)10-12-2-3-13(17)8-14(12)18/h2-3,8-9,11,19H,4-7,10H2,1H3. The molecule has 112 valence electrons. The third kappa shape index (κ3) is 2.83. The van der Waals surface area contributed by atoms with E-state index in [-0.39, 0.29) is 5.41 Å². The molecule has 1 saturated heterocycles. The van der Waals surface area contributed by atoms with Gasteiger partial charge in [-0.3, -0.25) is 0 Å². The lowest BCUT2D eigenvalue weighted by atomic mass is 9.78. The maximum Gasteiger partial charge on any atom is 0.131 e. The summed E-state index contributed by atoms with van der Waals surface area (Å²) < 4.78 is 28.8. The lowest BCUT2D eigenvalue weighted by Crippen LogP contribution is -2.39. The molecule has 1 N–H and O–H groups in total. The average Bonchev–Trinajstić information content (AvgIpc) is 2.92. The Labute approximate surface area is 123 Å². The van der Waals surface area contributed by atoms with Crippen LogP contribution in [-0.2, 0) is 12.0 Å². The van der Waals surface area contributed by atoms with Crippen molar-refractivity contribution in [1.82, 2.24) is 14.9 Å². The zero-order chi connectivity index (χ0) is 14.9. The molecular formula is C16H19F2N3. The predicted molar refractivity (Wildman–Crippen MR) is 77.1 cm³/mol. The fourth-order valence-electron chi connectivity index (χ4n) is 3.02. The number of benzene rings is 1. The van der Waals surface area contributed by atoms with Crippen molar-refractivity contribution < 1.29 is 8.78 Å². The molecule has 2 aromatic rings. The van der Waals surface area contributed by atoms with Crippen molar-refractivity contribution in [3.63, 3.8) is 0 Å². The van der Waals surface area contributed by atoms with Crippen LogP contribution in [0.3, 0.4) is 0 Å².